The number of hydrogen-bond donors (Lipinski definition) is 0. The SMILES string of the molecule is CN(C)C.c1ccc(Cc2ccccc2)cc1. The van der Waals surface area contributed by atoms with Crippen molar-refractivity contribution >= 4 is 0 Å². The Kier molecular flexibility index (Phi) is 6.05. The van der Waals surface area contributed by atoms with Crippen LogP contribution in [-0.4, -0.2) is 26.0 Å². The highest BCUT2D eigenvalue weighted by molar-refractivity contribution is 5.25. The van der Waals surface area contributed by atoms with E-state index in [9.17, 15) is 0 Å². The monoisotopic (exact) mass is 227 g/mol. The van der Waals surface area contributed by atoms with Crippen LogP contribution in [0.2, 0.25) is 0 Å². The molecule has 0 aliphatic carbocycles. The summed E-state index contributed by atoms with van der Waals surface area (Å²) in [4.78, 5) is 2.00. The predicted molar refractivity (Wildman–Crippen MR) is 75.3 cm³/mol. The van der Waals surface area contributed by atoms with Crippen LogP contribution in [0, 0.1) is 0 Å². The zero-order chi connectivity index (χ0) is 12.5. The number of rotatable bonds is 2. The summed E-state index contributed by atoms with van der Waals surface area (Å²) in [6.45, 7) is 0. The molecule has 90 valence electrons. The average molecular weight is 227 g/mol. The molecule has 0 fully saturated rings. The second-order valence-corrected chi connectivity index (χ2v) is 4.49. The molecule has 2 aromatic carbocycles. The molecule has 0 aromatic heterocycles. The smallest absolute Gasteiger partial charge is 0.00258 e. The molecule has 0 spiro atoms. The van der Waals surface area contributed by atoms with E-state index in [1.54, 1.807) is 0 Å². The van der Waals surface area contributed by atoms with Crippen LogP contribution in [0.15, 0.2) is 60.7 Å². The molecule has 0 heterocycles. The van der Waals surface area contributed by atoms with Crippen molar-refractivity contribution in [3.05, 3.63) is 71.8 Å². The van der Waals surface area contributed by atoms with Crippen LogP contribution in [0.1, 0.15) is 11.1 Å². The molecule has 0 amide bonds. The molecule has 0 bridgehead atoms. The average Bonchev–Trinajstić information content (AvgIpc) is 2.31. The van der Waals surface area contributed by atoms with Crippen LogP contribution in [0.25, 0.3) is 0 Å². The molecule has 0 saturated carbocycles. The summed E-state index contributed by atoms with van der Waals surface area (Å²) >= 11 is 0. The van der Waals surface area contributed by atoms with Gasteiger partial charge in [0.2, 0.25) is 0 Å². The van der Waals surface area contributed by atoms with Gasteiger partial charge in [-0.1, -0.05) is 60.7 Å². The topological polar surface area (TPSA) is 3.24 Å². The molecule has 0 aliphatic heterocycles. The third-order valence-corrected chi connectivity index (χ3v) is 2.09. The molecular weight excluding hydrogens is 206 g/mol. The second-order valence-electron chi connectivity index (χ2n) is 4.49. The van der Waals surface area contributed by atoms with E-state index in [0.29, 0.717) is 0 Å². The second kappa shape index (κ2) is 7.64. The van der Waals surface area contributed by atoms with Gasteiger partial charge in [-0.3, -0.25) is 0 Å². The lowest BCUT2D eigenvalue weighted by molar-refractivity contribution is 0.505. The minimum absolute atomic E-state index is 1.03. The maximum Gasteiger partial charge on any atom is -0.00258 e. The first-order valence-corrected chi connectivity index (χ1v) is 5.87. The van der Waals surface area contributed by atoms with Crippen LogP contribution in [0.4, 0.5) is 0 Å². The van der Waals surface area contributed by atoms with E-state index in [0.717, 1.165) is 6.42 Å². The summed E-state index contributed by atoms with van der Waals surface area (Å²) in [5.74, 6) is 0. The van der Waals surface area contributed by atoms with Gasteiger partial charge in [0.25, 0.3) is 0 Å². The van der Waals surface area contributed by atoms with Gasteiger partial charge in [0.05, 0.1) is 0 Å². The highest BCUT2D eigenvalue weighted by Gasteiger charge is 1.92. The van der Waals surface area contributed by atoms with E-state index in [1.807, 2.05) is 26.0 Å². The molecule has 0 saturated heterocycles. The molecule has 0 unspecified atom stereocenters. The Balaban J connectivity index is 0.000000317. The van der Waals surface area contributed by atoms with E-state index in [-0.39, 0.29) is 0 Å². The fraction of sp³-hybridized carbons (Fsp3) is 0.250. The van der Waals surface area contributed by atoms with Crippen molar-refractivity contribution < 1.29 is 0 Å². The molecule has 0 radical (unpaired) electrons. The van der Waals surface area contributed by atoms with Gasteiger partial charge in [-0.05, 0) is 38.7 Å². The van der Waals surface area contributed by atoms with Crippen LogP contribution in [0.3, 0.4) is 0 Å². The van der Waals surface area contributed by atoms with Crippen LogP contribution in [0.5, 0.6) is 0 Å². The van der Waals surface area contributed by atoms with Crippen molar-refractivity contribution in [2.24, 2.45) is 0 Å². The van der Waals surface area contributed by atoms with E-state index in [2.05, 4.69) is 60.7 Å². The molecule has 1 heteroatoms. The van der Waals surface area contributed by atoms with Gasteiger partial charge < -0.3 is 4.90 Å². The molecule has 2 aromatic rings. The Morgan fingerprint density at radius 3 is 1.24 bits per heavy atom. The lowest BCUT2D eigenvalue weighted by atomic mass is 10.1. The lowest BCUT2D eigenvalue weighted by Crippen LogP contribution is -1.99. The van der Waals surface area contributed by atoms with Gasteiger partial charge in [0, 0.05) is 0 Å². The zero-order valence-electron chi connectivity index (χ0n) is 10.9. The fourth-order valence-electron chi connectivity index (χ4n) is 1.43. The molecule has 0 aliphatic rings. The normalized spacial score (nSPS) is 9.65. The quantitative estimate of drug-likeness (QED) is 0.759. The van der Waals surface area contributed by atoms with E-state index in [1.165, 1.54) is 11.1 Å². The molecule has 0 N–H and O–H groups in total. The van der Waals surface area contributed by atoms with Crippen molar-refractivity contribution in [3.8, 4) is 0 Å². The summed E-state index contributed by atoms with van der Waals surface area (Å²) in [6, 6.07) is 21.1. The maximum atomic E-state index is 2.16. The van der Waals surface area contributed by atoms with Crippen LogP contribution >= 0.6 is 0 Å². The van der Waals surface area contributed by atoms with Crippen molar-refractivity contribution in [2.45, 2.75) is 6.42 Å². The third-order valence-electron chi connectivity index (χ3n) is 2.09. The Morgan fingerprint density at radius 2 is 0.941 bits per heavy atom. The molecule has 1 nitrogen and oxygen atoms in total. The maximum absolute atomic E-state index is 2.16. The van der Waals surface area contributed by atoms with Gasteiger partial charge in [-0.2, -0.15) is 0 Å². The van der Waals surface area contributed by atoms with E-state index in [4.69, 9.17) is 0 Å². The summed E-state index contributed by atoms with van der Waals surface area (Å²) in [6.07, 6.45) is 1.03. The summed E-state index contributed by atoms with van der Waals surface area (Å²) < 4.78 is 0. The van der Waals surface area contributed by atoms with Crippen molar-refractivity contribution in [2.75, 3.05) is 21.1 Å². The molecular formula is C16H21N. The summed E-state index contributed by atoms with van der Waals surface area (Å²) in [7, 11) is 6.00. The highest BCUT2D eigenvalue weighted by Crippen LogP contribution is 2.07. The fourth-order valence-corrected chi connectivity index (χ4v) is 1.43. The zero-order valence-corrected chi connectivity index (χ0v) is 10.9. The number of nitrogens with zero attached hydrogens (tertiary/aromatic N) is 1. The minimum atomic E-state index is 1.03. The van der Waals surface area contributed by atoms with Crippen LogP contribution in [-0.2, 0) is 6.42 Å². The Morgan fingerprint density at radius 1 is 0.647 bits per heavy atom. The van der Waals surface area contributed by atoms with Gasteiger partial charge in [0.1, 0.15) is 0 Å². The van der Waals surface area contributed by atoms with Crippen molar-refractivity contribution in [3.63, 3.8) is 0 Å². The molecule has 0 atom stereocenters. The number of hydrogen-bond acceptors (Lipinski definition) is 1. The molecule has 2 rings (SSSR count). The standard InChI is InChI=1S/C13H12.C3H9N/c1-3-7-12(8-4-1)11-13-9-5-2-6-10-13;1-4(2)3/h1-10H,11H2;1-3H3. The Bertz CT molecular complexity index is 352. The van der Waals surface area contributed by atoms with Gasteiger partial charge in [-0.15, -0.1) is 0 Å². The van der Waals surface area contributed by atoms with Crippen molar-refractivity contribution in [1.29, 1.82) is 0 Å². The molecule has 17 heavy (non-hydrogen) atoms. The van der Waals surface area contributed by atoms with Crippen LogP contribution < -0.4 is 0 Å². The highest BCUT2D eigenvalue weighted by atomic mass is 15.0. The largest absolute Gasteiger partial charge is 0.312 e. The van der Waals surface area contributed by atoms with Gasteiger partial charge in [-0.25, -0.2) is 0 Å². The van der Waals surface area contributed by atoms with Gasteiger partial charge in [0.15, 0.2) is 0 Å². The summed E-state index contributed by atoms with van der Waals surface area (Å²) in [5, 5.41) is 0. The van der Waals surface area contributed by atoms with Crippen molar-refractivity contribution in [1.82, 2.24) is 4.90 Å². The summed E-state index contributed by atoms with van der Waals surface area (Å²) in [5.41, 5.74) is 2.74. The predicted octanol–water partition coefficient (Wildman–Crippen LogP) is 3.46. The minimum Gasteiger partial charge on any atom is -0.312 e. The Hall–Kier alpha value is -1.60. The van der Waals surface area contributed by atoms with E-state index < -0.39 is 0 Å². The first-order chi connectivity index (χ1) is 8.18. The number of benzene rings is 2. The lowest BCUT2D eigenvalue weighted by Gasteiger charge is -2.00. The first kappa shape index (κ1) is 13.5. The third kappa shape index (κ3) is 6.54. The Labute approximate surface area is 105 Å². The first-order valence-electron chi connectivity index (χ1n) is 5.87. The van der Waals surface area contributed by atoms with E-state index >= 15 is 0 Å². The van der Waals surface area contributed by atoms with Gasteiger partial charge >= 0.3 is 0 Å².